The summed E-state index contributed by atoms with van der Waals surface area (Å²) in [6.07, 6.45) is 1.25. The minimum absolute atomic E-state index is 0.638. The van der Waals surface area contributed by atoms with Gasteiger partial charge in [0.05, 0.1) is 0 Å². The zero-order valence-corrected chi connectivity index (χ0v) is 13.7. The normalized spacial score (nSPS) is 23.8. The topological polar surface area (TPSA) is 20.2 Å². The zero-order valence-electron chi connectivity index (χ0n) is 13.7. The molecular formula is C18H27N3. The minimum atomic E-state index is 0.638. The largest absolute Gasteiger partial charge is 0.346 e. The summed E-state index contributed by atoms with van der Waals surface area (Å²) in [6, 6.07) is 9.33. The third-order valence-electron chi connectivity index (χ3n) is 5.15. The van der Waals surface area contributed by atoms with Crippen LogP contribution in [0.4, 0.5) is 0 Å². The first-order valence-electron chi connectivity index (χ1n) is 8.02. The van der Waals surface area contributed by atoms with Crippen molar-refractivity contribution in [3.05, 3.63) is 35.5 Å². The van der Waals surface area contributed by atoms with Gasteiger partial charge in [-0.05, 0) is 44.5 Å². The molecule has 1 fully saturated rings. The van der Waals surface area contributed by atoms with Crippen molar-refractivity contribution >= 4 is 10.9 Å². The van der Waals surface area contributed by atoms with Gasteiger partial charge in [0, 0.05) is 42.8 Å². The van der Waals surface area contributed by atoms with E-state index in [4.69, 9.17) is 0 Å². The van der Waals surface area contributed by atoms with Crippen LogP contribution in [0.3, 0.4) is 0 Å². The molecule has 2 heterocycles. The number of hydrogen-bond acceptors (Lipinski definition) is 2. The van der Waals surface area contributed by atoms with E-state index >= 15 is 0 Å². The monoisotopic (exact) mass is 285 g/mol. The van der Waals surface area contributed by atoms with E-state index in [-0.39, 0.29) is 0 Å². The van der Waals surface area contributed by atoms with Crippen LogP contribution in [0.5, 0.6) is 0 Å². The maximum atomic E-state index is 3.80. The minimum Gasteiger partial charge on any atom is -0.346 e. The van der Waals surface area contributed by atoms with Crippen LogP contribution in [-0.2, 0) is 13.6 Å². The first-order chi connectivity index (χ1) is 10.1. The van der Waals surface area contributed by atoms with E-state index in [0.29, 0.717) is 6.04 Å². The van der Waals surface area contributed by atoms with Gasteiger partial charge in [-0.25, -0.2) is 0 Å². The molecule has 3 heteroatoms. The van der Waals surface area contributed by atoms with Crippen LogP contribution in [0.15, 0.2) is 24.3 Å². The van der Waals surface area contributed by atoms with Crippen molar-refractivity contribution in [3.63, 3.8) is 0 Å². The fourth-order valence-corrected chi connectivity index (χ4v) is 3.77. The molecule has 0 spiro atoms. The van der Waals surface area contributed by atoms with Crippen LogP contribution in [0.25, 0.3) is 10.9 Å². The Kier molecular flexibility index (Phi) is 4.05. The molecule has 1 aliphatic heterocycles. The molecule has 1 aromatic heterocycles. The molecule has 3 rings (SSSR count). The number of benzene rings is 1. The Hall–Kier alpha value is -1.32. The van der Waals surface area contributed by atoms with Crippen LogP contribution in [0, 0.1) is 12.8 Å². The van der Waals surface area contributed by atoms with Crippen molar-refractivity contribution in [2.45, 2.75) is 32.9 Å². The zero-order chi connectivity index (χ0) is 15.0. The second-order valence-corrected chi connectivity index (χ2v) is 6.66. The quantitative estimate of drug-likeness (QED) is 0.935. The summed E-state index contributed by atoms with van der Waals surface area (Å²) in [7, 11) is 4.41. The molecule has 1 aromatic carbocycles. The van der Waals surface area contributed by atoms with Crippen LogP contribution >= 0.6 is 0 Å². The lowest BCUT2D eigenvalue weighted by Crippen LogP contribution is -2.46. The number of para-hydroxylation sites is 1. The van der Waals surface area contributed by atoms with Gasteiger partial charge in [0.15, 0.2) is 0 Å². The molecule has 0 bridgehead atoms. The summed E-state index contributed by atoms with van der Waals surface area (Å²) < 4.78 is 2.34. The summed E-state index contributed by atoms with van der Waals surface area (Å²) in [6.45, 7) is 7.98. The van der Waals surface area contributed by atoms with Crippen LogP contribution in [0.2, 0.25) is 0 Å². The lowest BCUT2D eigenvalue weighted by atomic mass is 9.94. The molecule has 0 aliphatic carbocycles. The molecule has 2 unspecified atom stereocenters. The van der Waals surface area contributed by atoms with E-state index in [9.17, 15) is 0 Å². The summed E-state index contributed by atoms with van der Waals surface area (Å²) >= 11 is 0. The van der Waals surface area contributed by atoms with Gasteiger partial charge in [-0.15, -0.1) is 0 Å². The van der Waals surface area contributed by atoms with E-state index in [2.05, 4.69) is 67.0 Å². The van der Waals surface area contributed by atoms with E-state index in [1.807, 2.05) is 0 Å². The van der Waals surface area contributed by atoms with Crippen molar-refractivity contribution in [3.8, 4) is 0 Å². The molecular weight excluding hydrogens is 258 g/mol. The molecule has 0 radical (unpaired) electrons. The molecule has 114 valence electrons. The van der Waals surface area contributed by atoms with E-state index in [1.54, 1.807) is 0 Å². The smallest absolute Gasteiger partial charge is 0.0483 e. The van der Waals surface area contributed by atoms with Gasteiger partial charge in [0.25, 0.3) is 0 Å². The van der Waals surface area contributed by atoms with Crippen LogP contribution < -0.4 is 5.32 Å². The molecule has 2 aromatic rings. The second-order valence-electron chi connectivity index (χ2n) is 6.66. The molecule has 0 amide bonds. The summed E-state index contributed by atoms with van der Waals surface area (Å²) in [5.74, 6) is 0.721. The number of nitrogens with one attached hydrogen (secondary N) is 1. The SMILES string of the molecule is Cc1c(CNC2CCN(C)CC2C)n(C)c2ccccc12. The van der Waals surface area contributed by atoms with Crippen molar-refractivity contribution in [1.82, 2.24) is 14.8 Å². The van der Waals surface area contributed by atoms with Gasteiger partial charge in [0.1, 0.15) is 0 Å². The lowest BCUT2D eigenvalue weighted by Gasteiger charge is -2.35. The number of aromatic nitrogens is 1. The number of fused-ring (bicyclic) bond motifs is 1. The summed E-state index contributed by atoms with van der Waals surface area (Å²) in [5, 5.41) is 5.19. The fourth-order valence-electron chi connectivity index (χ4n) is 3.77. The molecule has 1 N–H and O–H groups in total. The van der Waals surface area contributed by atoms with Crippen molar-refractivity contribution < 1.29 is 0 Å². The van der Waals surface area contributed by atoms with E-state index in [1.165, 1.54) is 41.7 Å². The third kappa shape index (κ3) is 2.72. The van der Waals surface area contributed by atoms with Gasteiger partial charge in [-0.3, -0.25) is 0 Å². The Morgan fingerprint density at radius 3 is 2.71 bits per heavy atom. The number of nitrogens with zero attached hydrogens (tertiary/aromatic N) is 2. The Morgan fingerprint density at radius 1 is 1.24 bits per heavy atom. The van der Waals surface area contributed by atoms with Gasteiger partial charge in [0.2, 0.25) is 0 Å². The van der Waals surface area contributed by atoms with Crippen LogP contribution in [0.1, 0.15) is 24.6 Å². The van der Waals surface area contributed by atoms with E-state index < -0.39 is 0 Å². The number of aryl methyl sites for hydroxylation is 2. The lowest BCUT2D eigenvalue weighted by molar-refractivity contribution is 0.174. The van der Waals surface area contributed by atoms with Crippen LogP contribution in [-0.4, -0.2) is 35.6 Å². The van der Waals surface area contributed by atoms with Crippen molar-refractivity contribution in [2.24, 2.45) is 13.0 Å². The first kappa shape index (κ1) is 14.6. The highest BCUT2D eigenvalue weighted by Gasteiger charge is 2.24. The van der Waals surface area contributed by atoms with Crippen molar-refractivity contribution in [1.29, 1.82) is 0 Å². The highest BCUT2D eigenvalue weighted by Crippen LogP contribution is 2.25. The number of hydrogen-bond donors (Lipinski definition) is 1. The molecule has 3 nitrogen and oxygen atoms in total. The Bertz CT molecular complexity index is 590. The summed E-state index contributed by atoms with van der Waals surface area (Å²) in [5.41, 5.74) is 4.17. The van der Waals surface area contributed by atoms with Gasteiger partial charge in [-0.2, -0.15) is 0 Å². The summed E-state index contributed by atoms with van der Waals surface area (Å²) in [4.78, 5) is 2.44. The van der Waals surface area contributed by atoms with Gasteiger partial charge >= 0.3 is 0 Å². The molecule has 21 heavy (non-hydrogen) atoms. The maximum Gasteiger partial charge on any atom is 0.0483 e. The first-order valence-corrected chi connectivity index (χ1v) is 8.02. The molecule has 1 saturated heterocycles. The predicted molar refractivity (Wildman–Crippen MR) is 89.6 cm³/mol. The Morgan fingerprint density at radius 2 is 2.00 bits per heavy atom. The fraction of sp³-hybridized carbons (Fsp3) is 0.556. The van der Waals surface area contributed by atoms with Gasteiger partial charge in [-0.1, -0.05) is 25.1 Å². The predicted octanol–water partition coefficient (Wildman–Crippen LogP) is 2.92. The average Bonchev–Trinajstić information content (AvgIpc) is 2.71. The second kappa shape index (κ2) is 5.82. The maximum absolute atomic E-state index is 3.80. The molecule has 1 aliphatic rings. The third-order valence-corrected chi connectivity index (χ3v) is 5.15. The average molecular weight is 285 g/mol. The van der Waals surface area contributed by atoms with Gasteiger partial charge < -0.3 is 14.8 Å². The standard InChI is InChI=1S/C18H27N3/c1-13-12-20(3)10-9-16(13)19-11-18-14(2)15-7-5-6-8-17(15)21(18)4/h5-8,13,16,19H,9-12H2,1-4H3. The highest BCUT2D eigenvalue weighted by atomic mass is 15.1. The molecule has 0 saturated carbocycles. The highest BCUT2D eigenvalue weighted by molar-refractivity contribution is 5.85. The molecule has 2 atom stereocenters. The van der Waals surface area contributed by atoms with Crippen molar-refractivity contribution in [2.75, 3.05) is 20.1 Å². The van der Waals surface area contributed by atoms with E-state index in [0.717, 1.165) is 12.5 Å². The Labute approximate surface area is 127 Å². The number of rotatable bonds is 3. The Balaban J connectivity index is 1.76. The number of piperidine rings is 1. The number of likely N-dealkylation sites (tertiary alicyclic amines) is 1.